The van der Waals surface area contributed by atoms with Crippen molar-refractivity contribution in [2.45, 2.75) is 6.54 Å². The van der Waals surface area contributed by atoms with Gasteiger partial charge in [0, 0.05) is 38.8 Å². The largest absolute Gasteiger partial charge is 0.497 e. The molecule has 2 heterocycles. The van der Waals surface area contributed by atoms with Crippen molar-refractivity contribution < 1.29 is 19.0 Å². The van der Waals surface area contributed by atoms with Crippen LogP contribution < -0.4 is 14.2 Å². The van der Waals surface area contributed by atoms with Crippen LogP contribution in [0.1, 0.15) is 11.1 Å². The van der Waals surface area contributed by atoms with Crippen LogP contribution in [-0.4, -0.2) is 62.2 Å². The molecule has 1 fully saturated rings. The lowest BCUT2D eigenvalue weighted by Gasteiger charge is -2.34. The Balaban J connectivity index is 1.28. The molecule has 0 radical (unpaired) electrons. The average molecular weight is 394 g/mol. The van der Waals surface area contributed by atoms with E-state index in [1.807, 2.05) is 41.3 Å². The van der Waals surface area contributed by atoms with Crippen molar-refractivity contribution in [1.82, 2.24) is 9.80 Å². The number of hydrogen-bond acceptors (Lipinski definition) is 5. The van der Waals surface area contributed by atoms with Gasteiger partial charge >= 0.3 is 0 Å². The number of carbonyl (C=O) groups excluding carboxylic acids is 1. The van der Waals surface area contributed by atoms with E-state index in [0.29, 0.717) is 13.2 Å². The molecule has 2 aliphatic rings. The van der Waals surface area contributed by atoms with Crippen LogP contribution in [0.3, 0.4) is 0 Å². The lowest BCUT2D eigenvalue weighted by molar-refractivity contribution is -0.127. The third-order valence-corrected chi connectivity index (χ3v) is 5.23. The van der Waals surface area contributed by atoms with Crippen molar-refractivity contribution in [3.05, 3.63) is 59.7 Å². The number of fused-ring (bicyclic) bond motifs is 1. The Morgan fingerprint density at radius 3 is 2.45 bits per heavy atom. The molecule has 0 aliphatic carbocycles. The third-order valence-electron chi connectivity index (χ3n) is 5.23. The van der Waals surface area contributed by atoms with Crippen LogP contribution in [0.25, 0.3) is 6.08 Å². The zero-order chi connectivity index (χ0) is 20.1. The molecular formula is C23H26N2O4. The molecule has 0 atom stereocenters. The van der Waals surface area contributed by atoms with E-state index in [2.05, 4.69) is 17.0 Å². The lowest BCUT2D eigenvalue weighted by Crippen LogP contribution is -2.47. The van der Waals surface area contributed by atoms with Gasteiger partial charge in [-0.25, -0.2) is 0 Å². The summed E-state index contributed by atoms with van der Waals surface area (Å²) in [7, 11) is 1.67. The highest BCUT2D eigenvalue weighted by molar-refractivity contribution is 5.92. The highest BCUT2D eigenvalue weighted by Crippen LogP contribution is 2.31. The van der Waals surface area contributed by atoms with Gasteiger partial charge in [0.25, 0.3) is 0 Å². The van der Waals surface area contributed by atoms with E-state index < -0.39 is 0 Å². The van der Waals surface area contributed by atoms with E-state index in [1.165, 1.54) is 5.56 Å². The number of methoxy groups -OCH3 is 1. The highest BCUT2D eigenvalue weighted by atomic mass is 16.6. The molecule has 29 heavy (non-hydrogen) atoms. The first-order valence-electron chi connectivity index (χ1n) is 9.93. The van der Waals surface area contributed by atoms with E-state index in [4.69, 9.17) is 14.2 Å². The quantitative estimate of drug-likeness (QED) is 0.730. The summed E-state index contributed by atoms with van der Waals surface area (Å²) in [5, 5.41) is 0. The molecule has 0 bridgehead atoms. The van der Waals surface area contributed by atoms with Crippen molar-refractivity contribution in [2.75, 3.05) is 46.5 Å². The first-order valence-corrected chi connectivity index (χ1v) is 9.93. The monoisotopic (exact) mass is 394 g/mol. The van der Waals surface area contributed by atoms with Gasteiger partial charge in [-0.15, -0.1) is 0 Å². The molecule has 4 rings (SSSR count). The number of nitrogens with zero attached hydrogens (tertiary/aromatic N) is 2. The molecule has 0 unspecified atom stereocenters. The van der Waals surface area contributed by atoms with Crippen molar-refractivity contribution in [3.63, 3.8) is 0 Å². The SMILES string of the molecule is COc1ccc(CN2CCN(C(=O)/C=C/c3ccc4c(c3)OCCO4)CC2)cc1. The maximum Gasteiger partial charge on any atom is 0.246 e. The first-order chi connectivity index (χ1) is 14.2. The minimum absolute atomic E-state index is 0.0454. The summed E-state index contributed by atoms with van der Waals surface area (Å²) in [6.45, 7) is 5.23. The normalized spacial score (nSPS) is 16.8. The van der Waals surface area contributed by atoms with Gasteiger partial charge in [0.2, 0.25) is 5.91 Å². The summed E-state index contributed by atoms with van der Waals surface area (Å²) in [5.74, 6) is 2.41. The second-order valence-electron chi connectivity index (χ2n) is 7.19. The number of benzene rings is 2. The molecule has 2 aromatic carbocycles. The third kappa shape index (κ3) is 4.90. The van der Waals surface area contributed by atoms with Crippen molar-refractivity contribution in [2.24, 2.45) is 0 Å². The van der Waals surface area contributed by atoms with Crippen LogP contribution in [0.2, 0.25) is 0 Å². The highest BCUT2D eigenvalue weighted by Gasteiger charge is 2.19. The molecule has 6 nitrogen and oxygen atoms in total. The van der Waals surface area contributed by atoms with Crippen LogP contribution in [0.5, 0.6) is 17.2 Å². The van der Waals surface area contributed by atoms with Gasteiger partial charge in [-0.3, -0.25) is 9.69 Å². The van der Waals surface area contributed by atoms with Gasteiger partial charge in [0.15, 0.2) is 11.5 Å². The number of ether oxygens (including phenoxy) is 3. The first kappa shape index (κ1) is 19.3. The predicted octanol–water partition coefficient (Wildman–Crippen LogP) is 2.82. The number of piperazine rings is 1. The standard InChI is InChI=1S/C23H26N2O4/c1-27-20-6-2-19(3-7-20)17-24-10-12-25(13-11-24)23(26)9-5-18-4-8-21-22(16-18)29-15-14-28-21/h2-9,16H,10-15,17H2,1H3/b9-5+. The second kappa shape index (κ2) is 9.01. The molecular weight excluding hydrogens is 368 g/mol. The fourth-order valence-corrected chi connectivity index (χ4v) is 3.55. The molecule has 1 amide bonds. The van der Waals surface area contributed by atoms with Gasteiger partial charge in [-0.2, -0.15) is 0 Å². The van der Waals surface area contributed by atoms with Crippen LogP contribution in [0.4, 0.5) is 0 Å². The summed E-state index contributed by atoms with van der Waals surface area (Å²) >= 11 is 0. The molecule has 0 saturated carbocycles. The van der Waals surface area contributed by atoms with Gasteiger partial charge in [0.1, 0.15) is 19.0 Å². The van der Waals surface area contributed by atoms with E-state index in [1.54, 1.807) is 13.2 Å². The molecule has 2 aliphatic heterocycles. The van der Waals surface area contributed by atoms with Crippen LogP contribution in [0, 0.1) is 0 Å². The number of rotatable bonds is 5. The zero-order valence-electron chi connectivity index (χ0n) is 16.7. The molecule has 0 N–H and O–H groups in total. The maximum atomic E-state index is 12.5. The van der Waals surface area contributed by atoms with Crippen LogP contribution >= 0.6 is 0 Å². The summed E-state index contributed by atoms with van der Waals surface area (Å²) < 4.78 is 16.3. The van der Waals surface area contributed by atoms with E-state index in [-0.39, 0.29) is 5.91 Å². The summed E-state index contributed by atoms with van der Waals surface area (Å²) in [5.41, 5.74) is 2.19. The second-order valence-corrected chi connectivity index (χ2v) is 7.19. The number of amides is 1. The Morgan fingerprint density at radius 2 is 1.72 bits per heavy atom. The Hall–Kier alpha value is -2.99. The predicted molar refractivity (Wildman–Crippen MR) is 111 cm³/mol. The Morgan fingerprint density at radius 1 is 1.00 bits per heavy atom. The molecule has 152 valence electrons. The lowest BCUT2D eigenvalue weighted by atomic mass is 10.1. The molecule has 2 aromatic rings. The fraction of sp³-hybridized carbons (Fsp3) is 0.348. The summed E-state index contributed by atoms with van der Waals surface area (Å²) in [6, 6.07) is 13.9. The topological polar surface area (TPSA) is 51.2 Å². The molecule has 1 saturated heterocycles. The number of carbonyl (C=O) groups is 1. The minimum Gasteiger partial charge on any atom is -0.497 e. The summed E-state index contributed by atoms with van der Waals surface area (Å²) in [4.78, 5) is 16.8. The van der Waals surface area contributed by atoms with Crippen LogP contribution in [-0.2, 0) is 11.3 Å². The van der Waals surface area contributed by atoms with Crippen molar-refractivity contribution in [1.29, 1.82) is 0 Å². The molecule has 0 spiro atoms. The maximum absolute atomic E-state index is 12.5. The fourth-order valence-electron chi connectivity index (χ4n) is 3.55. The van der Waals surface area contributed by atoms with E-state index in [9.17, 15) is 4.79 Å². The van der Waals surface area contributed by atoms with Gasteiger partial charge < -0.3 is 19.1 Å². The minimum atomic E-state index is 0.0454. The van der Waals surface area contributed by atoms with Crippen molar-refractivity contribution in [3.8, 4) is 17.2 Å². The molecule has 0 aromatic heterocycles. The van der Waals surface area contributed by atoms with Gasteiger partial charge in [-0.1, -0.05) is 18.2 Å². The zero-order valence-corrected chi connectivity index (χ0v) is 16.7. The van der Waals surface area contributed by atoms with Crippen molar-refractivity contribution >= 4 is 12.0 Å². The Labute approximate surface area is 171 Å². The average Bonchev–Trinajstić information content (AvgIpc) is 2.78. The van der Waals surface area contributed by atoms with Gasteiger partial charge in [-0.05, 0) is 41.5 Å². The van der Waals surface area contributed by atoms with Crippen LogP contribution in [0.15, 0.2) is 48.5 Å². The number of hydrogen-bond donors (Lipinski definition) is 0. The Bertz CT molecular complexity index is 871. The van der Waals surface area contributed by atoms with E-state index in [0.717, 1.165) is 55.5 Å². The molecule has 6 heteroatoms. The van der Waals surface area contributed by atoms with E-state index >= 15 is 0 Å². The smallest absolute Gasteiger partial charge is 0.246 e. The van der Waals surface area contributed by atoms with Gasteiger partial charge in [0.05, 0.1) is 7.11 Å². The summed E-state index contributed by atoms with van der Waals surface area (Å²) in [6.07, 6.45) is 3.48. The Kier molecular flexibility index (Phi) is 6.00.